The van der Waals surface area contributed by atoms with Crippen molar-refractivity contribution in [2.75, 3.05) is 32.7 Å². The largest absolute Gasteiger partial charge is 0.348 e. The number of carbonyl (C=O) groups is 2. The fraction of sp³-hybridized carbons (Fsp3) is 0.417. The van der Waals surface area contributed by atoms with Crippen molar-refractivity contribution in [3.63, 3.8) is 0 Å². The van der Waals surface area contributed by atoms with Gasteiger partial charge in [0.1, 0.15) is 0 Å². The Kier molecular flexibility index (Phi) is 7.42. The molecule has 0 aromatic heterocycles. The fourth-order valence-electron chi connectivity index (χ4n) is 3.76. The monoisotopic (exact) mass is 393 g/mol. The molecule has 0 unspecified atom stereocenters. The van der Waals surface area contributed by atoms with Gasteiger partial charge in [-0.05, 0) is 23.5 Å². The number of amides is 2. The van der Waals surface area contributed by atoms with Crippen molar-refractivity contribution in [2.45, 2.75) is 26.3 Å². The summed E-state index contributed by atoms with van der Waals surface area (Å²) in [6, 6.07) is 21.1. The van der Waals surface area contributed by atoms with Gasteiger partial charge in [0, 0.05) is 32.7 Å². The molecule has 2 amide bonds. The van der Waals surface area contributed by atoms with Gasteiger partial charge in [-0.25, -0.2) is 0 Å². The van der Waals surface area contributed by atoms with Gasteiger partial charge in [-0.3, -0.25) is 14.5 Å². The van der Waals surface area contributed by atoms with Crippen LogP contribution in [0.1, 0.15) is 37.4 Å². The predicted octanol–water partition coefficient (Wildman–Crippen LogP) is 3.08. The summed E-state index contributed by atoms with van der Waals surface area (Å²) in [7, 11) is 0. The molecule has 1 fully saturated rings. The Hall–Kier alpha value is -2.66. The van der Waals surface area contributed by atoms with Crippen LogP contribution in [-0.4, -0.2) is 54.3 Å². The van der Waals surface area contributed by atoms with Crippen LogP contribution in [0.25, 0.3) is 0 Å². The second kappa shape index (κ2) is 10.2. The molecule has 0 bridgehead atoms. The van der Waals surface area contributed by atoms with Gasteiger partial charge in [0.2, 0.25) is 0 Å². The van der Waals surface area contributed by atoms with Crippen molar-refractivity contribution in [1.82, 2.24) is 15.1 Å². The van der Waals surface area contributed by atoms with Gasteiger partial charge in [-0.2, -0.15) is 0 Å². The van der Waals surface area contributed by atoms with Crippen molar-refractivity contribution >= 4 is 11.8 Å². The van der Waals surface area contributed by atoms with Gasteiger partial charge < -0.3 is 10.2 Å². The summed E-state index contributed by atoms with van der Waals surface area (Å²) >= 11 is 0. The Bertz CT molecular complexity index is 745. The van der Waals surface area contributed by atoms with Crippen LogP contribution in [0.5, 0.6) is 0 Å². The van der Waals surface area contributed by atoms with Crippen LogP contribution in [0, 0.1) is 5.92 Å². The summed E-state index contributed by atoms with van der Waals surface area (Å²) in [6.07, 6.45) is 0.878. The Morgan fingerprint density at radius 2 is 1.38 bits per heavy atom. The minimum absolute atomic E-state index is 0.148. The molecule has 0 atom stereocenters. The van der Waals surface area contributed by atoms with E-state index in [1.807, 2.05) is 12.1 Å². The molecule has 0 aliphatic carbocycles. The molecule has 2 aromatic rings. The molecule has 29 heavy (non-hydrogen) atoms. The number of nitrogens with one attached hydrogen (secondary N) is 1. The molecule has 0 radical (unpaired) electrons. The summed E-state index contributed by atoms with van der Waals surface area (Å²) in [5, 5.41) is 2.75. The van der Waals surface area contributed by atoms with Crippen LogP contribution in [0.3, 0.4) is 0 Å². The Morgan fingerprint density at radius 1 is 0.862 bits per heavy atom. The van der Waals surface area contributed by atoms with E-state index in [2.05, 4.69) is 72.6 Å². The second-order valence-electron chi connectivity index (χ2n) is 7.99. The maximum absolute atomic E-state index is 12.5. The lowest BCUT2D eigenvalue weighted by molar-refractivity contribution is -0.147. The number of rotatable bonds is 6. The van der Waals surface area contributed by atoms with E-state index in [1.165, 1.54) is 11.1 Å². The summed E-state index contributed by atoms with van der Waals surface area (Å²) in [4.78, 5) is 28.7. The molecule has 0 spiro atoms. The van der Waals surface area contributed by atoms with E-state index in [0.717, 1.165) is 19.5 Å². The zero-order valence-electron chi connectivity index (χ0n) is 17.4. The lowest BCUT2D eigenvalue weighted by atomic mass is 9.96. The molecule has 5 heteroatoms. The zero-order valence-corrected chi connectivity index (χ0v) is 17.4. The van der Waals surface area contributed by atoms with Gasteiger partial charge in [-0.1, -0.05) is 74.5 Å². The van der Waals surface area contributed by atoms with Crippen LogP contribution < -0.4 is 5.32 Å². The summed E-state index contributed by atoms with van der Waals surface area (Å²) < 4.78 is 0. The molecule has 3 rings (SSSR count). The molecule has 1 N–H and O–H groups in total. The van der Waals surface area contributed by atoms with Gasteiger partial charge >= 0.3 is 11.8 Å². The van der Waals surface area contributed by atoms with Crippen molar-refractivity contribution in [1.29, 1.82) is 0 Å². The van der Waals surface area contributed by atoms with Gasteiger partial charge in [0.25, 0.3) is 0 Å². The number of hydrogen-bond acceptors (Lipinski definition) is 3. The number of hydrogen-bond donors (Lipinski definition) is 1. The van der Waals surface area contributed by atoms with E-state index in [0.29, 0.717) is 25.6 Å². The van der Waals surface area contributed by atoms with E-state index in [1.54, 1.807) is 4.90 Å². The van der Waals surface area contributed by atoms with Crippen molar-refractivity contribution < 1.29 is 9.59 Å². The Labute approximate surface area is 173 Å². The first kappa shape index (κ1) is 21.1. The highest BCUT2D eigenvalue weighted by Crippen LogP contribution is 2.29. The standard InChI is InChI=1S/C24H31N3O2/c1-19(2)13-14-25-23(28)24(29)27-17-15-26(16-18-27)22(20-9-5-3-6-10-20)21-11-7-4-8-12-21/h3-12,19,22H,13-18H2,1-2H3,(H,25,28). The van der Waals surface area contributed by atoms with E-state index >= 15 is 0 Å². The van der Waals surface area contributed by atoms with E-state index in [9.17, 15) is 9.59 Å². The molecule has 154 valence electrons. The van der Waals surface area contributed by atoms with Crippen LogP contribution in [0.15, 0.2) is 60.7 Å². The number of carbonyl (C=O) groups excluding carboxylic acids is 2. The highest BCUT2D eigenvalue weighted by molar-refractivity contribution is 6.35. The maximum atomic E-state index is 12.5. The zero-order chi connectivity index (χ0) is 20.6. The molecule has 1 saturated heterocycles. The minimum atomic E-state index is -0.484. The molecule has 1 aliphatic rings. The first-order valence-corrected chi connectivity index (χ1v) is 10.5. The lowest BCUT2D eigenvalue weighted by Crippen LogP contribution is -2.53. The van der Waals surface area contributed by atoms with Crippen LogP contribution in [0.2, 0.25) is 0 Å². The van der Waals surface area contributed by atoms with E-state index in [-0.39, 0.29) is 6.04 Å². The normalized spacial score (nSPS) is 15.0. The van der Waals surface area contributed by atoms with E-state index < -0.39 is 11.8 Å². The average molecular weight is 394 g/mol. The second-order valence-corrected chi connectivity index (χ2v) is 7.99. The predicted molar refractivity (Wildman–Crippen MR) is 115 cm³/mol. The first-order valence-electron chi connectivity index (χ1n) is 10.5. The number of benzene rings is 2. The van der Waals surface area contributed by atoms with Crippen LogP contribution in [0.4, 0.5) is 0 Å². The number of nitrogens with zero attached hydrogens (tertiary/aromatic N) is 2. The average Bonchev–Trinajstić information content (AvgIpc) is 2.75. The molecule has 0 saturated carbocycles. The Morgan fingerprint density at radius 3 is 1.86 bits per heavy atom. The molecule has 1 heterocycles. The van der Waals surface area contributed by atoms with Crippen molar-refractivity contribution in [3.8, 4) is 0 Å². The SMILES string of the molecule is CC(C)CCNC(=O)C(=O)N1CCN(C(c2ccccc2)c2ccccc2)CC1. The first-order chi connectivity index (χ1) is 14.1. The summed E-state index contributed by atoms with van der Waals surface area (Å²) in [5.41, 5.74) is 2.48. The lowest BCUT2D eigenvalue weighted by Gasteiger charge is -2.39. The third kappa shape index (κ3) is 5.67. The van der Waals surface area contributed by atoms with Crippen molar-refractivity contribution in [3.05, 3.63) is 71.8 Å². The molecular weight excluding hydrogens is 362 g/mol. The quantitative estimate of drug-likeness (QED) is 0.768. The van der Waals surface area contributed by atoms with E-state index in [4.69, 9.17) is 0 Å². The highest BCUT2D eigenvalue weighted by atomic mass is 16.2. The smallest absolute Gasteiger partial charge is 0.311 e. The van der Waals surface area contributed by atoms with Crippen molar-refractivity contribution in [2.24, 2.45) is 5.92 Å². The minimum Gasteiger partial charge on any atom is -0.348 e. The van der Waals surface area contributed by atoms with Crippen LogP contribution >= 0.6 is 0 Å². The Balaban J connectivity index is 1.63. The molecular formula is C24H31N3O2. The summed E-state index contributed by atoms with van der Waals surface area (Å²) in [6.45, 7) is 7.34. The maximum Gasteiger partial charge on any atom is 0.311 e. The van der Waals surface area contributed by atoms with Gasteiger partial charge in [0.15, 0.2) is 0 Å². The summed E-state index contributed by atoms with van der Waals surface area (Å²) in [5.74, 6) is -0.395. The highest BCUT2D eigenvalue weighted by Gasteiger charge is 2.30. The van der Waals surface area contributed by atoms with Crippen LogP contribution in [-0.2, 0) is 9.59 Å². The third-order valence-electron chi connectivity index (χ3n) is 5.40. The molecule has 2 aromatic carbocycles. The van der Waals surface area contributed by atoms with Gasteiger partial charge in [-0.15, -0.1) is 0 Å². The molecule has 1 aliphatic heterocycles. The third-order valence-corrected chi connectivity index (χ3v) is 5.40. The molecule has 5 nitrogen and oxygen atoms in total. The topological polar surface area (TPSA) is 52.7 Å². The number of piperazine rings is 1. The fourth-order valence-corrected chi connectivity index (χ4v) is 3.76. The van der Waals surface area contributed by atoms with Gasteiger partial charge in [0.05, 0.1) is 6.04 Å².